The first-order valence-electron chi connectivity index (χ1n) is 5.74. The summed E-state index contributed by atoms with van der Waals surface area (Å²) in [5.74, 6) is -0.879. The van der Waals surface area contributed by atoms with E-state index in [9.17, 15) is 14.9 Å². The average molecular weight is 369 g/mol. The van der Waals surface area contributed by atoms with Gasteiger partial charge in [-0.05, 0) is 33.6 Å². The second-order valence-corrected chi connectivity index (χ2v) is 5.97. The lowest BCUT2D eigenvalue weighted by Gasteiger charge is -2.04. The highest BCUT2D eigenvalue weighted by atomic mass is 79.9. The van der Waals surface area contributed by atoms with Crippen molar-refractivity contribution in [2.75, 3.05) is 0 Å². The van der Waals surface area contributed by atoms with Gasteiger partial charge in [-0.25, -0.2) is 4.98 Å². The van der Waals surface area contributed by atoms with Crippen LogP contribution in [-0.4, -0.2) is 21.0 Å². The molecule has 0 atom stereocenters. The molecule has 0 bridgehead atoms. The van der Waals surface area contributed by atoms with E-state index < -0.39 is 10.9 Å². The van der Waals surface area contributed by atoms with Crippen LogP contribution in [0.3, 0.4) is 0 Å². The van der Waals surface area contributed by atoms with Crippen LogP contribution in [0.4, 0.5) is 5.69 Å². The first-order valence-corrected chi connectivity index (χ1v) is 7.35. The molecule has 108 valence electrons. The molecule has 0 saturated carbocycles. The number of rotatable bonds is 5. The number of aliphatic carboxylic acids is 1. The summed E-state index contributed by atoms with van der Waals surface area (Å²) < 4.78 is 0.538. The predicted molar refractivity (Wildman–Crippen MR) is 80.5 cm³/mol. The van der Waals surface area contributed by atoms with E-state index >= 15 is 0 Å². The van der Waals surface area contributed by atoms with Crippen molar-refractivity contribution in [2.45, 2.75) is 16.3 Å². The number of aromatic nitrogens is 1. The molecule has 0 aliphatic rings. The first kappa shape index (κ1) is 15.5. The minimum absolute atomic E-state index is 0.0234. The van der Waals surface area contributed by atoms with Crippen LogP contribution in [-0.2, 0) is 11.2 Å². The van der Waals surface area contributed by atoms with Crippen LogP contribution in [0.25, 0.3) is 0 Å². The van der Waals surface area contributed by atoms with E-state index in [0.717, 1.165) is 4.90 Å². The van der Waals surface area contributed by atoms with Gasteiger partial charge in [0.25, 0.3) is 5.69 Å². The summed E-state index contributed by atoms with van der Waals surface area (Å²) >= 11 is 4.59. The molecule has 1 heterocycles. The molecule has 0 aliphatic heterocycles. The third-order valence-corrected chi connectivity index (χ3v) is 4.39. The second-order valence-electron chi connectivity index (χ2n) is 4.05. The summed E-state index contributed by atoms with van der Waals surface area (Å²) in [6.45, 7) is 0. The number of halogens is 1. The molecule has 6 nitrogen and oxygen atoms in total. The summed E-state index contributed by atoms with van der Waals surface area (Å²) in [6.07, 6.45) is 1.18. The SMILES string of the molecule is O=C(O)Cc1ccc(Sc2ncc([N+](=O)[O-])cc2Br)cc1. The Labute approximate surface area is 132 Å². The van der Waals surface area contributed by atoms with Gasteiger partial charge < -0.3 is 5.11 Å². The highest BCUT2D eigenvalue weighted by molar-refractivity contribution is 9.10. The first-order chi connectivity index (χ1) is 9.95. The van der Waals surface area contributed by atoms with Crippen molar-refractivity contribution in [3.63, 3.8) is 0 Å². The Morgan fingerprint density at radius 1 is 1.38 bits per heavy atom. The van der Waals surface area contributed by atoms with Crippen LogP contribution in [0.5, 0.6) is 0 Å². The van der Waals surface area contributed by atoms with Gasteiger partial charge >= 0.3 is 5.97 Å². The highest BCUT2D eigenvalue weighted by Gasteiger charge is 2.11. The summed E-state index contributed by atoms with van der Waals surface area (Å²) in [6, 6.07) is 8.44. The number of pyridine rings is 1. The predicted octanol–water partition coefficient (Wildman–Crippen LogP) is 3.53. The van der Waals surface area contributed by atoms with Crippen LogP contribution >= 0.6 is 27.7 Å². The van der Waals surface area contributed by atoms with Crippen LogP contribution < -0.4 is 0 Å². The van der Waals surface area contributed by atoms with Crippen molar-refractivity contribution in [2.24, 2.45) is 0 Å². The standard InChI is InChI=1S/C13H9BrN2O4S/c14-11-6-9(16(19)20)7-15-13(11)21-10-3-1-8(2-4-10)5-12(17)18/h1-4,6-7H,5H2,(H,17,18). The smallest absolute Gasteiger partial charge is 0.307 e. The van der Waals surface area contributed by atoms with Crippen molar-refractivity contribution >= 4 is 39.3 Å². The molecule has 0 spiro atoms. The van der Waals surface area contributed by atoms with Crippen molar-refractivity contribution in [1.29, 1.82) is 0 Å². The molecule has 1 N–H and O–H groups in total. The fraction of sp³-hybridized carbons (Fsp3) is 0.0769. The van der Waals surface area contributed by atoms with E-state index in [4.69, 9.17) is 5.11 Å². The summed E-state index contributed by atoms with van der Waals surface area (Å²) in [7, 11) is 0. The highest BCUT2D eigenvalue weighted by Crippen LogP contribution is 2.33. The maximum absolute atomic E-state index is 10.6. The van der Waals surface area contributed by atoms with Gasteiger partial charge in [0.05, 0.1) is 15.8 Å². The van der Waals surface area contributed by atoms with E-state index in [1.807, 2.05) is 0 Å². The van der Waals surface area contributed by atoms with Crippen molar-refractivity contribution in [1.82, 2.24) is 4.98 Å². The van der Waals surface area contributed by atoms with E-state index in [0.29, 0.717) is 15.1 Å². The molecule has 2 rings (SSSR count). The molecule has 0 amide bonds. The summed E-state index contributed by atoms with van der Waals surface area (Å²) in [5, 5.41) is 19.9. The monoisotopic (exact) mass is 368 g/mol. The molecule has 1 aromatic carbocycles. The molecule has 8 heteroatoms. The van der Waals surface area contributed by atoms with Gasteiger partial charge in [-0.2, -0.15) is 0 Å². The molecule has 0 aliphatic carbocycles. The second kappa shape index (κ2) is 6.68. The number of benzene rings is 1. The maximum Gasteiger partial charge on any atom is 0.307 e. The molecule has 0 saturated heterocycles. The fourth-order valence-corrected chi connectivity index (χ4v) is 2.89. The zero-order valence-corrected chi connectivity index (χ0v) is 12.9. The van der Waals surface area contributed by atoms with E-state index in [2.05, 4.69) is 20.9 Å². The summed E-state index contributed by atoms with van der Waals surface area (Å²) in [4.78, 5) is 25.6. The number of carboxylic acid groups (broad SMARTS) is 1. The molecular weight excluding hydrogens is 360 g/mol. The van der Waals surface area contributed by atoms with Gasteiger partial charge in [0.1, 0.15) is 11.2 Å². The molecule has 0 fully saturated rings. The number of hydrogen-bond acceptors (Lipinski definition) is 5. The Morgan fingerprint density at radius 3 is 2.57 bits per heavy atom. The Balaban J connectivity index is 2.14. The lowest BCUT2D eigenvalue weighted by molar-refractivity contribution is -0.385. The molecular formula is C13H9BrN2O4S. The van der Waals surface area contributed by atoms with Gasteiger partial charge in [0, 0.05) is 11.0 Å². The fourth-order valence-electron chi connectivity index (χ4n) is 1.55. The minimum Gasteiger partial charge on any atom is -0.481 e. The minimum atomic E-state index is -0.879. The van der Waals surface area contributed by atoms with Crippen LogP contribution in [0.2, 0.25) is 0 Å². The van der Waals surface area contributed by atoms with Gasteiger partial charge in [-0.15, -0.1) is 0 Å². The number of nitrogens with zero attached hydrogens (tertiary/aromatic N) is 2. The lowest BCUT2D eigenvalue weighted by atomic mass is 10.2. The van der Waals surface area contributed by atoms with Crippen LogP contribution in [0.15, 0.2) is 50.9 Å². The van der Waals surface area contributed by atoms with Crippen molar-refractivity contribution < 1.29 is 14.8 Å². The van der Waals surface area contributed by atoms with Crippen LogP contribution in [0, 0.1) is 10.1 Å². The number of carboxylic acids is 1. The lowest BCUT2D eigenvalue weighted by Crippen LogP contribution is -1.99. The largest absolute Gasteiger partial charge is 0.481 e. The number of nitro groups is 1. The molecule has 0 radical (unpaired) electrons. The average Bonchev–Trinajstić information content (AvgIpc) is 2.42. The third-order valence-electron chi connectivity index (χ3n) is 2.50. The Bertz CT molecular complexity index is 691. The van der Waals surface area contributed by atoms with E-state index in [1.54, 1.807) is 24.3 Å². The molecule has 2 aromatic rings. The summed E-state index contributed by atoms with van der Waals surface area (Å²) in [5.41, 5.74) is 0.630. The van der Waals surface area contributed by atoms with Gasteiger partial charge in [0.15, 0.2) is 0 Å². The topological polar surface area (TPSA) is 93.3 Å². The van der Waals surface area contributed by atoms with Crippen LogP contribution in [0.1, 0.15) is 5.56 Å². The van der Waals surface area contributed by atoms with Gasteiger partial charge in [-0.1, -0.05) is 23.9 Å². The zero-order valence-electron chi connectivity index (χ0n) is 10.5. The van der Waals surface area contributed by atoms with Gasteiger partial charge in [0.2, 0.25) is 0 Å². The third kappa shape index (κ3) is 4.27. The van der Waals surface area contributed by atoms with E-state index in [1.165, 1.54) is 24.0 Å². The number of carbonyl (C=O) groups is 1. The van der Waals surface area contributed by atoms with Gasteiger partial charge in [-0.3, -0.25) is 14.9 Å². The maximum atomic E-state index is 10.6. The molecule has 0 unspecified atom stereocenters. The van der Waals surface area contributed by atoms with Crippen molar-refractivity contribution in [3.05, 3.63) is 56.7 Å². The molecule has 1 aromatic heterocycles. The number of hydrogen-bond donors (Lipinski definition) is 1. The Morgan fingerprint density at radius 2 is 2.05 bits per heavy atom. The normalized spacial score (nSPS) is 10.3. The van der Waals surface area contributed by atoms with Crippen molar-refractivity contribution in [3.8, 4) is 0 Å². The Kier molecular flexibility index (Phi) is 4.92. The Hall–Kier alpha value is -1.93. The zero-order chi connectivity index (χ0) is 15.4. The quantitative estimate of drug-likeness (QED) is 0.640. The molecule has 21 heavy (non-hydrogen) atoms. The van der Waals surface area contributed by atoms with E-state index in [-0.39, 0.29) is 12.1 Å².